The van der Waals surface area contributed by atoms with Gasteiger partial charge in [-0.15, -0.1) is 0 Å². The summed E-state index contributed by atoms with van der Waals surface area (Å²) in [4.78, 5) is 9.61. The Bertz CT molecular complexity index is 1550. The topological polar surface area (TPSA) is 128 Å². The molecule has 0 unspecified atom stereocenters. The molecule has 2 aromatic carbocycles. The fourth-order valence-corrected chi connectivity index (χ4v) is 5.78. The minimum absolute atomic E-state index is 0.0482. The summed E-state index contributed by atoms with van der Waals surface area (Å²) < 4.78 is 19.6. The van der Waals surface area contributed by atoms with Gasteiger partial charge in [0, 0.05) is 17.5 Å². The van der Waals surface area contributed by atoms with Gasteiger partial charge in [-0.1, -0.05) is 6.07 Å². The van der Waals surface area contributed by atoms with Crippen LogP contribution in [-0.4, -0.2) is 45.4 Å². The highest BCUT2D eigenvalue weighted by Gasteiger charge is 2.52. The van der Waals surface area contributed by atoms with Crippen molar-refractivity contribution in [3.63, 3.8) is 0 Å². The van der Waals surface area contributed by atoms with Gasteiger partial charge >= 0.3 is 0 Å². The van der Waals surface area contributed by atoms with Crippen molar-refractivity contribution in [2.45, 2.75) is 43.6 Å². The molecule has 2 aliphatic heterocycles. The maximum atomic E-state index is 9.89. The highest BCUT2D eigenvalue weighted by Crippen LogP contribution is 2.51. The third-order valence-corrected chi connectivity index (χ3v) is 8.07. The molecule has 3 N–H and O–H groups in total. The largest absolute Gasteiger partial charge is 0.495 e. The molecule has 9 nitrogen and oxygen atoms in total. The van der Waals surface area contributed by atoms with Crippen LogP contribution in [-0.2, 0) is 10.2 Å². The molecule has 2 bridgehead atoms. The van der Waals surface area contributed by atoms with Crippen molar-refractivity contribution in [3.8, 4) is 34.6 Å². The summed E-state index contributed by atoms with van der Waals surface area (Å²) >= 11 is 0. The summed E-state index contributed by atoms with van der Waals surface area (Å²) in [5.41, 5.74) is 9.44. The van der Waals surface area contributed by atoms with Crippen molar-refractivity contribution < 1.29 is 19.3 Å². The van der Waals surface area contributed by atoms with Crippen LogP contribution in [0, 0.1) is 18.3 Å². The number of aliphatic hydroxyl groups is 1. The number of ether oxygens (including phenoxy) is 3. The predicted octanol–water partition coefficient (Wildman–Crippen LogP) is 4.53. The first-order valence-corrected chi connectivity index (χ1v) is 12.7. The normalized spacial score (nSPS) is 22.4. The Hall–Kier alpha value is -4.13. The first kappa shape index (κ1) is 24.2. The van der Waals surface area contributed by atoms with Crippen LogP contribution >= 0.6 is 0 Å². The Morgan fingerprint density at radius 2 is 1.87 bits per heavy atom. The van der Waals surface area contributed by atoms with E-state index in [-0.39, 0.29) is 12.0 Å². The Kier molecular flexibility index (Phi) is 5.74. The molecule has 9 heteroatoms. The fraction of sp³-hybridized carbons (Fsp3) is 0.345. The van der Waals surface area contributed by atoms with Gasteiger partial charge in [-0.25, -0.2) is 9.97 Å². The van der Waals surface area contributed by atoms with E-state index in [4.69, 9.17) is 24.9 Å². The molecular formula is C29H29N5O4. The molecule has 2 saturated heterocycles. The van der Waals surface area contributed by atoms with Gasteiger partial charge in [0.05, 0.1) is 31.3 Å². The first-order valence-electron chi connectivity index (χ1n) is 12.7. The van der Waals surface area contributed by atoms with Gasteiger partial charge in [-0.05, 0) is 69.0 Å². The number of aryl methyl sites for hydroxylation is 1. The predicted molar refractivity (Wildman–Crippen MR) is 141 cm³/mol. The maximum absolute atomic E-state index is 9.89. The zero-order valence-corrected chi connectivity index (χ0v) is 21.4. The van der Waals surface area contributed by atoms with Gasteiger partial charge < -0.3 is 25.1 Å². The van der Waals surface area contributed by atoms with Crippen LogP contribution in [0.3, 0.4) is 0 Å². The van der Waals surface area contributed by atoms with E-state index in [1.807, 2.05) is 31.2 Å². The number of aromatic nitrogens is 3. The van der Waals surface area contributed by atoms with Gasteiger partial charge in [-0.3, -0.25) is 4.40 Å². The molecule has 38 heavy (non-hydrogen) atoms. The lowest BCUT2D eigenvalue weighted by Crippen LogP contribution is -2.55. The molecule has 0 atom stereocenters. The van der Waals surface area contributed by atoms with Crippen molar-refractivity contribution in [1.82, 2.24) is 14.4 Å². The lowest BCUT2D eigenvalue weighted by molar-refractivity contribution is -0.177. The number of anilines is 1. The highest BCUT2D eigenvalue weighted by molar-refractivity contribution is 5.86. The average Bonchev–Trinajstić information content (AvgIpc) is 3.39. The van der Waals surface area contributed by atoms with E-state index in [1.165, 1.54) is 7.11 Å². The lowest BCUT2D eigenvalue weighted by Gasteiger charge is -2.51. The van der Waals surface area contributed by atoms with Crippen LogP contribution in [0.5, 0.6) is 17.2 Å². The zero-order valence-electron chi connectivity index (χ0n) is 21.4. The van der Waals surface area contributed by atoms with Gasteiger partial charge in [-0.2, -0.15) is 5.26 Å². The molecule has 3 aliphatic rings. The number of nitrogen functional groups attached to an aromatic ring is 1. The molecule has 0 amide bonds. The molecule has 194 valence electrons. The second-order valence-electron chi connectivity index (χ2n) is 10.2. The minimum atomic E-state index is -0.419. The summed E-state index contributed by atoms with van der Waals surface area (Å²) in [5, 5.41) is 19.5. The monoisotopic (exact) mass is 511 g/mol. The van der Waals surface area contributed by atoms with Gasteiger partial charge in [0.2, 0.25) is 0 Å². The van der Waals surface area contributed by atoms with Crippen LogP contribution in [0.2, 0.25) is 0 Å². The number of methoxy groups -OCH3 is 1. The van der Waals surface area contributed by atoms with E-state index >= 15 is 0 Å². The van der Waals surface area contributed by atoms with E-state index < -0.39 is 5.60 Å². The molecule has 2 aromatic heterocycles. The summed E-state index contributed by atoms with van der Waals surface area (Å²) in [6.07, 6.45) is 5.16. The molecule has 7 rings (SSSR count). The van der Waals surface area contributed by atoms with Crippen LogP contribution in [0.1, 0.15) is 42.8 Å². The molecular weight excluding hydrogens is 482 g/mol. The summed E-state index contributed by atoms with van der Waals surface area (Å²) in [6, 6.07) is 14.9. The van der Waals surface area contributed by atoms with Crippen molar-refractivity contribution in [1.29, 1.82) is 5.26 Å². The zero-order chi connectivity index (χ0) is 26.5. The summed E-state index contributed by atoms with van der Waals surface area (Å²) in [5.74, 6) is 2.80. The second-order valence-corrected chi connectivity index (χ2v) is 10.2. The number of aliphatic hydroxyl groups excluding tert-OH is 1. The van der Waals surface area contributed by atoms with Crippen molar-refractivity contribution >= 4 is 11.3 Å². The fourth-order valence-electron chi connectivity index (χ4n) is 5.78. The minimum Gasteiger partial charge on any atom is -0.495 e. The third-order valence-electron chi connectivity index (χ3n) is 8.07. The molecule has 0 radical (unpaired) electrons. The van der Waals surface area contributed by atoms with Gasteiger partial charge in [0.25, 0.3) is 0 Å². The lowest BCUT2D eigenvalue weighted by atomic mass is 9.65. The van der Waals surface area contributed by atoms with E-state index in [0.717, 1.165) is 54.0 Å². The quantitative estimate of drug-likeness (QED) is 0.386. The number of nitrogens with two attached hydrogens (primary N) is 1. The highest BCUT2D eigenvalue weighted by atomic mass is 16.5. The maximum Gasteiger partial charge on any atom is 0.150 e. The van der Waals surface area contributed by atoms with Crippen molar-refractivity contribution in [2.24, 2.45) is 0 Å². The van der Waals surface area contributed by atoms with Crippen molar-refractivity contribution in [3.05, 3.63) is 65.7 Å². The Balaban J connectivity index is 1.39. The van der Waals surface area contributed by atoms with Crippen LogP contribution in [0.25, 0.3) is 16.8 Å². The number of nitriles is 1. The van der Waals surface area contributed by atoms with E-state index in [9.17, 15) is 10.4 Å². The second kappa shape index (κ2) is 9.01. The van der Waals surface area contributed by atoms with Crippen LogP contribution in [0.4, 0.5) is 5.82 Å². The van der Waals surface area contributed by atoms with E-state index in [0.29, 0.717) is 35.2 Å². The number of fused-ring (bicyclic) bond motifs is 4. The van der Waals surface area contributed by atoms with Crippen molar-refractivity contribution in [2.75, 3.05) is 26.1 Å². The summed E-state index contributed by atoms with van der Waals surface area (Å²) in [7, 11) is 1.52. The van der Waals surface area contributed by atoms with Gasteiger partial charge in [0.1, 0.15) is 51.7 Å². The first-order chi connectivity index (χ1) is 18.4. The number of rotatable bonds is 6. The third kappa shape index (κ3) is 3.68. The Labute approximate surface area is 220 Å². The Morgan fingerprint density at radius 1 is 1.13 bits per heavy atom. The number of benzene rings is 2. The molecule has 0 spiro atoms. The van der Waals surface area contributed by atoms with Crippen LogP contribution in [0.15, 0.2) is 48.7 Å². The summed E-state index contributed by atoms with van der Waals surface area (Å²) in [6.45, 7) is 2.57. The molecule has 1 aliphatic carbocycles. The van der Waals surface area contributed by atoms with E-state index in [1.54, 1.807) is 24.4 Å². The van der Waals surface area contributed by atoms with Crippen LogP contribution < -0.4 is 15.2 Å². The SMILES string of the molecule is COc1cccc(Oc2ccc(-c3nc(C45CCC(CO)(CC4)OC5)n4c(C)cnc(N)c34)cc2)c1C#N. The smallest absolute Gasteiger partial charge is 0.150 e. The number of hydrogen-bond donors (Lipinski definition) is 2. The molecule has 4 heterocycles. The average molecular weight is 512 g/mol. The van der Waals surface area contributed by atoms with Gasteiger partial charge in [0.15, 0.2) is 0 Å². The standard InChI is InChI=1S/C29H29N5O4/c1-18-15-32-26(31)25-24(33-27(34(18)25)28-10-12-29(16-35,13-11-28)37-17-28)19-6-8-20(9-7-19)38-23-5-3-4-22(36-2)21(23)14-30/h3-9,15,35H,10-13,16-17H2,1-2H3,(H2,31,32). The Morgan fingerprint density at radius 3 is 2.50 bits per heavy atom. The van der Waals surface area contributed by atoms with E-state index in [2.05, 4.69) is 15.5 Å². The number of hydrogen-bond acceptors (Lipinski definition) is 8. The molecule has 1 saturated carbocycles. The number of nitrogens with zero attached hydrogens (tertiary/aromatic N) is 4. The molecule has 4 aromatic rings. The molecule has 3 fully saturated rings. The number of imidazole rings is 1.